The van der Waals surface area contributed by atoms with Crippen LogP contribution in [0, 0.1) is 10.1 Å². The third kappa shape index (κ3) is 3.93. The van der Waals surface area contributed by atoms with Crippen molar-refractivity contribution in [3.05, 3.63) is 21.1 Å². The molecule has 0 aliphatic rings. The van der Waals surface area contributed by atoms with Crippen molar-refractivity contribution in [2.75, 3.05) is 11.4 Å². The molecule has 0 amide bonds. The smallest absolute Gasteiger partial charge is 0.304 e. The Balaban J connectivity index is 3.19. The summed E-state index contributed by atoms with van der Waals surface area (Å²) in [7, 11) is 0. The Kier molecular flexibility index (Phi) is 6.42. The summed E-state index contributed by atoms with van der Waals surface area (Å²) in [5.41, 5.74) is 0.113. The van der Waals surface area contributed by atoms with Gasteiger partial charge in [-0.3, -0.25) is 10.1 Å². The average molecular weight is 300 g/mol. The molecule has 5 nitrogen and oxygen atoms in total. The number of nitrogens with zero attached hydrogens (tertiary/aromatic N) is 2. The van der Waals surface area contributed by atoms with Crippen molar-refractivity contribution < 1.29 is 10.0 Å². The van der Waals surface area contributed by atoms with Crippen molar-refractivity contribution >= 4 is 22.0 Å². The Morgan fingerprint density at radius 3 is 2.55 bits per heavy atom. The third-order valence-electron chi connectivity index (χ3n) is 3.46. The zero-order chi connectivity index (χ0) is 15.3. The molecule has 1 rings (SSSR count). The van der Waals surface area contributed by atoms with Crippen LogP contribution in [0.15, 0.2) is 6.07 Å². The first-order valence-corrected chi connectivity index (χ1v) is 7.96. The van der Waals surface area contributed by atoms with Crippen LogP contribution in [0.1, 0.15) is 57.9 Å². The predicted molar refractivity (Wildman–Crippen MR) is 83.6 cm³/mol. The molecule has 1 N–H and O–H groups in total. The van der Waals surface area contributed by atoms with Crippen LogP contribution in [0.3, 0.4) is 0 Å². The Morgan fingerprint density at radius 2 is 2.10 bits per heavy atom. The second-order valence-corrected chi connectivity index (χ2v) is 6.14. The topological polar surface area (TPSA) is 66.6 Å². The number of aliphatic hydroxyl groups is 1. The van der Waals surface area contributed by atoms with Gasteiger partial charge in [0, 0.05) is 23.5 Å². The number of hydrogen-bond acceptors (Lipinski definition) is 5. The van der Waals surface area contributed by atoms with Gasteiger partial charge in [-0.15, -0.1) is 11.3 Å². The van der Waals surface area contributed by atoms with E-state index in [4.69, 9.17) is 0 Å². The molecular weight excluding hydrogens is 276 g/mol. The van der Waals surface area contributed by atoms with Crippen molar-refractivity contribution in [2.24, 2.45) is 0 Å². The lowest BCUT2D eigenvalue weighted by molar-refractivity contribution is -0.383. The van der Waals surface area contributed by atoms with E-state index in [1.807, 2.05) is 0 Å². The maximum absolute atomic E-state index is 11.3. The van der Waals surface area contributed by atoms with Gasteiger partial charge in [-0.2, -0.15) is 0 Å². The van der Waals surface area contributed by atoms with Crippen LogP contribution in [0.4, 0.5) is 10.7 Å². The summed E-state index contributed by atoms with van der Waals surface area (Å²) >= 11 is 1.33. The van der Waals surface area contributed by atoms with Gasteiger partial charge >= 0.3 is 5.69 Å². The van der Waals surface area contributed by atoms with Gasteiger partial charge in [0.15, 0.2) is 5.00 Å². The lowest BCUT2D eigenvalue weighted by Crippen LogP contribution is -2.33. The van der Waals surface area contributed by atoms with E-state index in [1.165, 1.54) is 17.4 Å². The number of aliphatic hydroxyl groups excluding tert-OH is 1. The standard InChI is InChI=1S/C14H24N2O3S/c1-5-7-8-15(10(3)6-2)14-12(16(18)19)9-13(20-14)11(4)17/h9-11,17H,5-8H2,1-4H3. The van der Waals surface area contributed by atoms with E-state index in [2.05, 4.69) is 25.7 Å². The van der Waals surface area contributed by atoms with E-state index in [0.29, 0.717) is 9.88 Å². The maximum Gasteiger partial charge on any atom is 0.304 e. The summed E-state index contributed by atoms with van der Waals surface area (Å²) < 4.78 is 0. The fourth-order valence-electron chi connectivity index (χ4n) is 2.00. The molecule has 0 spiro atoms. The van der Waals surface area contributed by atoms with Gasteiger partial charge in [-0.1, -0.05) is 20.3 Å². The normalized spacial score (nSPS) is 14.1. The van der Waals surface area contributed by atoms with Crippen molar-refractivity contribution in [3.63, 3.8) is 0 Å². The summed E-state index contributed by atoms with van der Waals surface area (Å²) in [6.45, 7) is 8.73. The molecule has 1 aromatic heterocycles. The highest BCUT2D eigenvalue weighted by Gasteiger charge is 2.27. The molecule has 114 valence electrons. The molecule has 2 unspecified atom stereocenters. The summed E-state index contributed by atoms with van der Waals surface area (Å²) in [5, 5.41) is 21.6. The summed E-state index contributed by atoms with van der Waals surface area (Å²) in [6, 6.07) is 1.76. The lowest BCUT2D eigenvalue weighted by Gasteiger charge is -2.28. The first kappa shape index (κ1) is 16.9. The number of unbranched alkanes of at least 4 members (excludes halogenated alkanes) is 1. The predicted octanol–water partition coefficient (Wildman–Crippen LogP) is 4.11. The summed E-state index contributed by atoms with van der Waals surface area (Å²) in [4.78, 5) is 13.7. The number of anilines is 1. The molecule has 1 aromatic rings. The van der Waals surface area contributed by atoms with Crippen molar-refractivity contribution in [3.8, 4) is 0 Å². The van der Waals surface area contributed by atoms with Gasteiger partial charge in [-0.25, -0.2) is 0 Å². The van der Waals surface area contributed by atoms with Crippen LogP contribution < -0.4 is 4.90 Å². The van der Waals surface area contributed by atoms with Crippen LogP contribution in [-0.4, -0.2) is 22.6 Å². The summed E-state index contributed by atoms with van der Waals surface area (Å²) in [5.74, 6) is 0. The lowest BCUT2D eigenvalue weighted by atomic mass is 10.2. The number of hydrogen-bond donors (Lipinski definition) is 1. The minimum Gasteiger partial charge on any atom is -0.388 e. The second-order valence-electron chi connectivity index (χ2n) is 5.08. The van der Waals surface area contributed by atoms with Crippen LogP contribution in [0.2, 0.25) is 0 Å². The van der Waals surface area contributed by atoms with E-state index in [9.17, 15) is 15.2 Å². The monoisotopic (exact) mass is 300 g/mol. The largest absolute Gasteiger partial charge is 0.388 e. The minimum absolute atomic E-state index is 0.113. The van der Waals surface area contributed by atoms with Crippen molar-refractivity contribution in [1.82, 2.24) is 0 Å². The second kappa shape index (κ2) is 7.59. The van der Waals surface area contributed by atoms with E-state index >= 15 is 0 Å². The summed E-state index contributed by atoms with van der Waals surface area (Å²) in [6.07, 6.45) is 2.32. The molecule has 1 heterocycles. The SMILES string of the molecule is CCCCN(c1sc(C(C)O)cc1[N+](=O)[O-])C(C)CC. The number of thiophene rings is 1. The van der Waals surface area contributed by atoms with E-state index in [1.54, 1.807) is 6.92 Å². The molecule has 0 aliphatic heterocycles. The highest BCUT2D eigenvalue weighted by Crippen LogP contribution is 2.41. The molecule has 0 radical (unpaired) electrons. The molecule has 0 saturated heterocycles. The first-order valence-electron chi connectivity index (χ1n) is 7.15. The third-order valence-corrected chi connectivity index (χ3v) is 4.79. The van der Waals surface area contributed by atoms with Gasteiger partial charge in [0.05, 0.1) is 11.0 Å². The molecule has 20 heavy (non-hydrogen) atoms. The minimum atomic E-state index is -0.669. The maximum atomic E-state index is 11.3. The van der Waals surface area contributed by atoms with Crippen LogP contribution >= 0.6 is 11.3 Å². The Hall–Kier alpha value is -1.14. The quantitative estimate of drug-likeness (QED) is 0.579. The molecular formula is C14H24N2O3S. The molecule has 0 fully saturated rings. The van der Waals surface area contributed by atoms with Gasteiger partial charge in [0.2, 0.25) is 0 Å². The molecule has 2 atom stereocenters. The molecule has 0 aliphatic carbocycles. The number of nitro groups is 1. The van der Waals surface area contributed by atoms with Crippen LogP contribution in [0.25, 0.3) is 0 Å². The zero-order valence-electron chi connectivity index (χ0n) is 12.6. The van der Waals surface area contributed by atoms with Crippen LogP contribution in [-0.2, 0) is 0 Å². The highest BCUT2D eigenvalue weighted by atomic mass is 32.1. The van der Waals surface area contributed by atoms with Gasteiger partial charge in [-0.05, 0) is 26.7 Å². The van der Waals surface area contributed by atoms with Gasteiger partial charge in [0.1, 0.15) is 0 Å². The van der Waals surface area contributed by atoms with Crippen molar-refractivity contribution in [2.45, 2.75) is 59.1 Å². The Bertz CT molecular complexity index is 446. The van der Waals surface area contributed by atoms with Gasteiger partial charge < -0.3 is 10.0 Å². The van der Waals surface area contributed by atoms with E-state index < -0.39 is 6.10 Å². The van der Waals surface area contributed by atoms with Crippen LogP contribution in [0.5, 0.6) is 0 Å². The first-order chi connectivity index (χ1) is 9.42. The highest BCUT2D eigenvalue weighted by molar-refractivity contribution is 7.16. The average Bonchev–Trinajstić information content (AvgIpc) is 2.84. The number of rotatable bonds is 8. The van der Waals surface area contributed by atoms with E-state index in [0.717, 1.165) is 25.8 Å². The Morgan fingerprint density at radius 1 is 1.45 bits per heavy atom. The molecule has 6 heteroatoms. The molecule has 0 bridgehead atoms. The Labute approximate surface area is 124 Å². The van der Waals surface area contributed by atoms with E-state index in [-0.39, 0.29) is 16.7 Å². The molecule has 0 saturated carbocycles. The van der Waals surface area contributed by atoms with Crippen molar-refractivity contribution in [1.29, 1.82) is 0 Å². The fourth-order valence-corrected chi connectivity index (χ4v) is 3.19. The van der Waals surface area contributed by atoms with Gasteiger partial charge in [0.25, 0.3) is 0 Å². The molecule has 0 aromatic carbocycles. The fraction of sp³-hybridized carbons (Fsp3) is 0.714. The zero-order valence-corrected chi connectivity index (χ0v) is 13.4.